The Hall–Kier alpha value is -3.62. The third kappa shape index (κ3) is 3.26. The largest absolute Gasteiger partial charge is 0.494 e. The molecule has 2 aliphatic heterocycles. The van der Waals surface area contributed by atoms with E-state index in [1.165, 1.54) is 6.07 Å². The van der Waals surface area contributed by atoms with Gasteiger partial charge in [-0.2, -0.15) is 14.9 Å². The lowest BCUT2D eigenvalue weighted by Gasteiger charge is -2.26. The van der Waals surface area contributed by atoms with Crippen LogP contribution in [0.4, 0.5) is 5.82 Å². The number of nitrogens with one attached hydrogen (secondary N) is 2. The van der Waals surface area contributed by atoms with Crippen LogP contribution in [0.1, 0.15) is 48.6 Å². The minimum Gasteiger partial charge on any atom is -0.494 e. The maximum atomic E-state index is 12.7. The molecule has 2 N–H and O–H groups in total. The lowest BCUT2D eigenvalue weighted by atomic mass is 9.84. The average Bonchev–Trinajstić information content (AvgIpc) is 3.26. The van der Waals surface area contributed by atoms with Gasteiger partial charge in [-0.15, -0.1) is 0 Å². The van der Waals surface area contributed by atoms with E-state index in [9.17, 15) is 9.59 Å². The fraction of sp³-hybridized carbons (Fsp3) is 0.364. The second-order valence-electron chi connectivity index (χ2n) is 7.91. The number of aromatic amines is 1. The smallest absolute Gasteiger partial charge is 0.264 e. The molecule has 0 fully saturated rings. The lowest BCUT2D eigenvalue weighted by Crippen LogP contribution is -2.25. The first-order valence-electron chi connectivity index (χ1n) is 10.4. The molecule has 0 saturated heterocycles. The van der Waals surface area contributed by atoms with Crippen LogP contribution in [0, 0.1) is 6.92 Å². The molecule has 2 aliphatic rings. The zero-order valence-corrected chi connectivity index (χ0v) is 17.6. The van der Waals surface area contributed by atoms with E-state index < -0.39 is 0 Å². The van der Waals surface area contributed by atoms with Crippen molar-refractivity contribution in [1.82, 2.24) is 20.0 Å². The lowest BCUT2D eigenvalue weighted by molar-refractivity contribution is -0.116. The van der Waals surface area contributed by atoms with Crippen LogP contribution in [0.3, 0.4) is 0 Å². The predicted molar refractivity (Wildman–Crippen MR) is 113 cm³/mol. The summed E-state index contributed by atoms with van der Waals surface area (Å²) >= 11 is 0. The van der Waals surface area contributed by atoms with Crippen molar-refractivity contribution in [3.8, 4) is 17.3 Å². The minimum absolute atomic E-state index is 0.112. The van der Waals surface area contributed by atoms with E-state index >= 15 is 0 Å². The molecule has 5 rings (SSSR count). The number of hydrogen-bond donors (Lipinski definition) is 2. The molecule has 9 nitrogen and oxygen atoms in total. The molecule has 2 atom stereocenters. The molecule has 0 saturated carbocycles. The highest BCUT2D eigenvalue weighted by atomic mass is 16.5. The normalized spacial score (nSPS) is 19.4. The molecule has 2 aromatic heterocycles. The molecule has 9 heteroatoms. The van der Waals surface area contributed by atoms with Gasteiger partial charge in [0.15, 0.2) is 5.82 Å². The Kier molecular flexibility index (Phi) is 4.53. The first-order valence-corrected chi connectivity index (χ1v) is 10.4. The quantitative estimate of drug-likeness (QED) is 0.669. The monoisotopic (exact) mass is 421 g/mol. The molecule has 31 heavy (non-hydrogen) atoms. The van der Waals surface area contributed by atoms with Crippen molar-refractivity contribution in [3.63, 3.8) is 0 Å². The second-order valence-corrected chi connectivity index (χ2v) is 7.91. The maximum Gasteiger partial charge on any atom is 0.264 e. The van der Waals surface area contributed by atoms with Crippen molar-refractivity contribution >= 4 is 11.7 Å². The summed E-state index contributed by atoms with van der Waals surface area (Å²) in [6.45, 7) is 6.41. The minimum atomic E-state index is -0.308. The van der Waals surface area contributed by atoms with Gasteiger partial charge >= 0.3 is 0 Å². The first-order chi connectivity index (χ1) is 14.9. The van der Waals surface area contributed by atoms with Gasteiger partial charge in [0, 0.05) is 41.5 Å². The van der Waals surface area contributed by atoms with Crippen LogP contribution in [0.5, 0.6) is 11.5 Å². The van der Waals surface area contributed by atoms with E-state index in [-0.39, 0.29) is 29.9 Å². The highest BCUT2D eigenvalue weighted by Crippen LogP contribution is 2.46. The Bertz CT molecular complexity index is 1220. The molecular weight excluding hydrogens is 398 g/mol. The van der Waals surface area contributed by atoms with Crippen molar-refractivity contribution in [1.29, 1.82) is 0 Å². The Morgan fingerprint density at radius 2 is 2.10 bits per heavy atom. The van der Waals surface area contributed by atoms with Crippen molar-refractivity contribution < 1.29 is 14.3 Å². The second kappa shape index (κ2) is 7.26. The molecule has 0 bridgehead atoms. The van der Waals surface area contributed by atoms with Gasteiger partial charge in [0.25, 0.3) is 5.56 Å². The Labute approximate surface area is 178 Å². The number of hydrogen-bond acceptors (Lipinski definition) is 6. The summed E-state index contributed by atoms with van der Waals surface area (Å²) in [5, 5.41) is 14.0. The number of rotatable bonds is 4. The standard InChI is InChI=1S/C22H23N5O4/c1-4-30-17-8-13-7-11(2)31-16(13)9-14(17)15-10-20(29)23-22-21(15)12(3)26-27(22)18-5-6-19(28)25-24-18/h5-6,8-9,11,15H,4,7,10H2,1-3H3,(H,23,29)(H,25,28)/t11-,15-/m1/s1. The van der Waals surface area contributed by atoms with Crippen molar-refractivity contribution in [2.75, 3.05) is 11.9 Å². The molecule has 0 spiro atoms. The van der Waals surface area contributed by atoms with Crippen LogP contribution in [0.2, 0.25) is 0 Å². The van der Waals surface area contributed by atoms with Gasteiger partial charge in [-0.3, -0.25) is 9.59 Å². The summed E-state index contributed by atoms with van der Waals surface area (Å²) in [7, 11) is 0. The summed E-state index contributed by atoms with van der Waals surface area (Å²) in [4.78, 5) is 24.1. The molecule has 0 unspecified atom stereocenters. The Morgan fingerprint density at radius 3 is 2.84 bits per heavy atom. The molecular formula is C22H23N5O4. The number of nitrogens with zero attached hydrogens (tertiary/aromatic N) is 3. The van der Waals surface area contributed by atoms with Gasteiger partial charge in [0.2, 0.25) is 5.91 Å². The van der Waals surface area contributed by atoms with Gasteiger partial charge in [0.1, 0.15) is 23.4 Å². The van der Waals surface area contributed by atoms with E-state index in [0.717, 1.165) is 40.3 Å². The van der Waals surface area contributed by atoms with E-state index in [2.05, 4.69) is 20.6 Å². The number of H-pyrrole nitrogens is 1. The van der Waals surface area contributed by atoms with Crippen LogP contribution < -0.4 is 20.3 Å². The topological polar surface area (TPSA) is 111 Å². The molecule has 0 radical (unpaired) electrons. The van der Waals surface area contributed by atoms with Crippen LogP contribution in [0.15, 0.2) is 29.1 Å². The molecule has 1 amide bonds. The Balaban J connectivity index is 1.67. The molecule has 1 aromatic carbocycles. The summed E-state index contributed by atoms with van der Waals surface area (Å²) in [6.07, 6.45) is 1.22. The predicted octanol–water partition coefficient (Wildman–Crippen LogP) is 2.46. The van der Waals surface area contributed by atoms with Crippen molar-refractivity contribution in [3.05, 3.63) is 57.0 Å². The van der Waals surface area contributed by atoms with Gasteiger partial charge in [-0.1, -0.05) is 0 Å². The summed E-state index contributed by atoms with van der Waals surface area (Å²) < 4.78 is 13.5. The third-order valence-corrected chi connectivity index (χ3v) is 5.69. The maximum absolute atomic E-state index is 12.7. The zero-order chi connectivity index (χ0) is 21.7. The van der Waals surface area contributed by atoms with Crippen LogP contribution in [-0.2, 0) is 11.2 Å². The van der Waals surface area contributed by atoms with Crippen molar-refractivity contribution in [2.24, 2.45) is 0 Å². The fourth-order valence-corrected chi connectivity index (χ4v) is 4.44. The summed E-state index contributed by atoms with van der Waals surface area (Å²) in [5.41, 5.74) is 3.38. The van der Waals surface area contributed by atoms with Gasteiger partial charge in [-0.25, -0.2) is 5.10 Å². The number of amides is 1. The van der Waals surface area contributed by atoms with E-state index in [0.29, 0.717) is 18.2 Å². The molecule has 4 heterocycles. The van der Waals surface area contributed by atoms with Gasteiger partial charge in [-0.05, 0) is 39.0 Å². The Morgan fingerprint density at radius 1 is 1.26 bits per heavy atom. The molecule has 0 aliphatic carbocycles. The number of aryl methyl sites for hydroxylation is 1. The first kappa shape index (κ1) is 19.3. The van der Waals surface area contributed by atoms with Crippen LogP contribution >= 0.6 is 0 Å². The summed E-state index contributed by atoms with van der Waals surface area (Å²) in [5.74, 6) is 2.20. The van der Waals surface area contributed by atoms with E-state index in [1.807, 2.05) is 32.9 Å². The highest BCUT2D eigenvalue weighted by Gasteiger charge is 2.36. The number of ether oxygens (including phenoxy) is 2. The van der Waals surface area contributed by atoms with Gasteiger partial charge in [0.05, 0.1) is 12.3 Å². The van der Waals surface area contributed by atoms with E-state index in [4.69, 9.17) is 9.47 Å². The van der Waals surface area contributed by atoms with Crippen molar-refractivity contribution in [2.45, 2.75) is 45.6 Å². The number of benzene rings is 1. The highest BCUT2D eigenvalue weighted by molar-refractivity contribution is 5.95. The average molecular weight is 421 g/mol. The SMILES string of the molecule is CCOc1cc2c(cc1[C@H]1CC(=O)Nc3c1c(C)nn3-c1ccc(=O)[nH]n1)O[C@H](C)C2. The number of carbonyl (C=O) groups is 1. The fourth-order valence-electron chi connectivity index (χ4n) is 4.44. The van der Waals surface area contributed by atoms with E-state index in [1.54, 1.807) is 10.7 Å². The van der Waals surface area contributed by atoms with Crippen LogP contribution in [-0.4, -0.2) is 38.6 Å². The zero-order valence-electron chi connectivity index (χ0n) is 17.6. The number of fused-ring (bicyclic) bond motifs is 2. The van der Waals surface area contributed by atoms with Gasteiger partial charge < -0.3 is 14.8 Å². The number of carbonyl (C=O) groups excluding carboxylic acids is 1. The summed E-state index contributed by atoms with van der Waals surface area (Å²) in [6, 6.07) is 6.98. The number of anilines is 1. The number of aromatic nitrogens is 4. The molecule has 160 valence electrons. The third-order valence-electron chi connectivity index (χ3n) is 5.69. The van der Waals surface area contributed by atoms with Crippen LogP contribution in [0.25, 0.3) is 5.82 Å². The molecule has 3 aromatic rings.